The number of fused-ring (bicyclic) bond motifs is 1. The van der Waals surface area contributed by atoms with Crippen molar-refractivity contribution in [3.63, 3.8) is 0 Å². The molecule has 0 spiro atoms. The number of nitrogens with one attached hydrogen (secondary N) is 1. The number of carbonyl (C=O) groups is 1. The molecule has 1 amide bonds. The van der Waals surface area contributed by atoms with Gasteiger partial charge in [0.15, 0.2) is 11.5 Å². The van der Waals surface area contributed by atoms with Gasteiger partial charge in [-0.05, 0) is 35.6 Å². The molecule has 8 nitrogen and oxygen atoms in total. The monoisotopic (exact) mass is 510 g/mol. The predicted octanol–water partition coefficient (Wildman–Crippen LogP) is 2.54. The number of amides is 1. The van der Waals surface area contributed by atoms with Gasteiger partial charge in [-0.25, -0.2) is 8.42 Å². The van der Waals surface area contributed by atoms with Crippen LogP contribution in [0.2, 0.25) is 0 Å². The van der Waals surface area contributed by atoms with Crippen LogP contribution in [0.15, 0.2) is 77.7 Å². The molecule has 1 aliphatic heterocycles. The van der Waals surface area contributed by atoms with Gasteiger partial charge in [0.25, 0.3) is 0 Å². The molecule has 0 unspecified atom stereocenters. The van der Waals surface area contributed by atoms with E-state index in [9.17, 15) is 18.3 Å². The molecule has 9 heteroatoms. The van der Waals surface area contributed by atoms with E-state index in [1.54, 1.807) is 6.07 Å². The molecule has 0 bridgehead atoms. The molecule has 2 N–H and O–H groups in total. The molecule has 0 aliphatic carbocycles. The van der Waals surface area contributed by atoms with Gasteiger partial charge in [0.1, 0.15) is 6.04 Å². The van der Waals surface area contributed by atoms with Crippen LogP contribution in [0, 0.1) is 0 Å². The second-order valence-electron chi connectivity index (χ2n) is 8.65. The lowest BCUT2D eigenvalue weighted by atomic mass is 10.0. The van der Waals surface area contributed by atoms with Crippen molar-refractivity contribution in [2.24, 2.45) is 0 Å². The Kier molecular flexibility index (Phi) is 7.93. The van der Waals surface area contributed by atoms with E-state index in [1.165, 1.54) is 24.6 Å². The lowest BCUT2D eigenvalue weighted by Crippen LogP contribution is -2.55. The smallest absolute Gasteiger partial charge is 0.244 e. The van der Waals surface area contributed by atoms with Gasteiger partial charge < -0.3 is 19.9 Å². The van der Waals surface area contributed by atoms with Crippen LogP contribution in [0.4, 0.5) is 0 Å². The Morgan fingerprint density at radius 1 is 1.00 bits per heavy atom. The maximum absolute atomic E-state index is 13.8. The molecule has 36 heavy (non-hydrogen) atoms. The zero-order valence-electron chi connectivity index (χ0n) is 20.3. The minimum Gasteiger partial charge on any atom is -0.493 e. The first kappa shape index (κ1) is 25.7. The average molecular weight is 511 g/mol. The number of hydrogen-bond acceptors (Lipinski definition) is 6. The second-order valence-corrected chi connectivity index (χ2v) is 10.5. The van der Waals surface area contributed by atoms with E-state index in [0.717, 1.165) is 11.1 Å². The van der Waals surface area contributed by atoms with Crippen LogP contribution in [-0.2, 0) is 34.2 Å². The van der Waals surface area contributed by atoms with E-state index in [1.807, 2.05) is 60.7 Å². The van der Waals surface area contributed by atoms with Crippen LogP contribution >= 0.6 is 0 Å². The number of aliphatic hydroxyl groups excluding tert-OH is 1. The normalized spacial score (nSPS) is 17.6. The SMILES string of the molecule is COc1cc2c(cc1OC)S(=O)(=O)N(Cc1ccccc1)[C@@H](C(=O)N[C@H](CO)Cc1ccccc1)C2. The molecule has 4 rings (SSSR count). The molecule has 0 saturated carbocycles. The summed E-state index contributed by atoms with van der Waals surface area (Å²) in [5, 5.41) is 12.8. The molecule has 2 atom stereocenters. The van der Waals surface area contributed by atoms with Crippen LogP contribution in [0.3, 0.4) is 0 Å². The minimum atomic E-state index is -4.06. The number of carbonyl (C=O) groups excluding carboxylic acids is 1. The van der Waals surface area contributed by atoms with Gasteiger partial charge in [0.05, 0.1) is 31.8 Å². The summed E-state index contributed by atoms with van der Waals surface area (Å²) >= 11 is 0. The fraction of sp³-hybridized carbons (Fsp3) is 0.296. The zero-order chi connectivity index (χ0) is 25.7. The van der Waals surface area contributed by atoms with Gasteiger partial charge in [-0.2, -0.15) is 4.31 Å². The van der Waals surface area contributed by atoms with Gasteiger partial charge in [-0.15, -0.1) is 0 Å². The summed E-state index contributed by atoms with van der Waals surface area (Å²) in [5.74, 6) is 0.218. The molecule has 190 valence electrons. The molecule has 0 radical (unpaired) electrons. The Morgan fingerprint density at radius 2 is 1.58 bits per heavy atom. The number of benzene rings is 3. The molecule has 0 fully saturated rings. The first-order valence-corrected chi connectivity index (χ1v) is 13.1. The van der Waals surface area contributed by atoms with E-state index >= 15 is 0 Å². The van der Waals surface area contributed by atoms with Gasteiger partial charge in [-0.1, -0.05) is 60.7 Å². The fourth-order valence-electron chi connectivity index (χ4n) is 4.45. The fourth-order valence-corrected chi connectivity index (χ4v) is 6.25. The Morgan fingerprint density at radius 3 is 2.17 bits per heavy atom. The average Bonchev–Trinajstić information content (AvgIpc) is 2.90. The highest BCUT2D eigenvalue weighted by molar-refractivity contribution is 7.89. The number of ether oxygens (including phenoxy) is 2. The van der Waals surface area contributed by atoms with Crippen molar-refractivity contribution in [3.8, 4) is 11.5 Å². The second kappa shape index (κ2) is 11.1. The highest BCUT2D eigenvalue weighted by Crippen LogP contribution is 2.39. The summed E-state index contributed by atoms with van der Waals surface area (Å²) in [7, 11) is -1.14. The van der Waals surface area contributed by atoms with Crippen molar-refractivity contribution in [1.82, 2.24) is 9.62 Å². The van der Waals surface area contributed by atoms with Crippen molar-refractivity contribution in [3.05, 3.63) is 89.5 Å². The molecule has 3 aromatic carbocycles. The summed E-state index contributed by atoms with van der Waals surface area (Å²) in [6.07, 6.45) is 0.569. The van der Waals surface area contributed by atoms with Crippen LogP contribution in [0.1, 0.15) is 16.7 Å². The minimum absolute atomic E-state index is 0.0253. The molecular weight excluding hydrogens is 480 g/mol. The number of hydrogen-bond donors (Lipinski definition) is 2. The first-order valence-electron chi connectivity index (χ1n) is 11.6. The van der Waals surface area contributed by atoms with E-state index in [0.29, 0.717) is 23.5 Å². The quantitative estimate of drug-likeness (QED) is 0.459. The van der Waals surface area contributed by atoms with Crippen molar-refractivity contribution in [1.29, 1.82) is 0 Å². The topological polar surface area (TPSA) is 105 Å². The number of aliphatic hydroxyl groups is 1. The van der Waals surface area contributed by atoms with Crippen LogP contribution in [0.25, 0.3) is 0 Å². The summed E-state index contributed by atoms with van der Waals surface area (Å²) in [6, 6.07) is 20.1. The highest BCUT2D eigenvalue weighted by Gasteiger charge is 2.43. The number of methoxy groups -OCH3 is 2. The van der Waals surface area contributed by atoms with Crippen molar-refractivity contribution < 1.29 is 27.8 Å². The highest BCUT2D eigenvalue weighted by atomic mass is 32.2. The molecule has 1 heterocycles. The van der Waals surface area contributed by atoms with E-state index < -0.39 is 28.0 Å². The van der Waals surface area contributed by atoms with E-state index in [4.69, 9.17) is 9.47 Å². The summed E-state index contributed by atoms with van der Waals surface area (Å²) in [4.78, 5) is 13.6. The Balaban J connectivity index is 1.70. The third-order valence-electron chi connectivity index (χ3n) is 6.29. The van der Waals surface area contributed by atoms with Crippen LogP contribution in [-0.4, -0.2) is 56.6 Å². The van der Waals surface area contributed by atoms with Gasteiger partial charge in [-0.3, -0.25) is 4.79 Å². The predicted molar refractivity (Wildman–Crippen MR) is 135 cm³/mol. The third kappa shape index (κ3) is 5.38. The summed E-state index contributed by atoms with van der Waals surface area (Å²) in [5.41, 5.74) is 2.18. The lowest BCUT2D eigenvalue weighted by Gasteiger charge is -2.36. The number of sulfonamides is 1. The standard InChI is InChI=1S/C27H30N2O6S/c1-34-24-15-21-14-23(27(31)28-22(18-30)13-19-9-5-3-6-10-19)29(17-20-11-7-4-8-12-20)36(32,33)26(21)16-25(24)35-2/h3-12,15-16,22-23,30H,13-14,17-18H2,1-2H3,(H,28,31)/t22-,23+/m0/s1. The Hall–Kier alpha value is -3.40. The molecular formula is C27H30N2O6S. The van der Waals surface area contributed by atoms with Gasteiger partial charge in [0, 0.05) is 12.6 Å². The lowest BCUT2D eigenvalue weighted by molar-refractivity contribution is -0.126. The van der Waals surface area contributed by atoms with Crippen molar-refractivity contribution in [2.75, 3.05) is 20.8 Å². The zero-order valence-corrected chi connectivity index (χ0v) is 21.1. The molecule has 3 aromatic rings. The molecule has 0 aromatic heterocycles. The van der Waals surface area contributed by atoms with Crippen LogP contribution < -0.4 is 14.8 Å². The largest absolute Gasteiger partial charge is 0.493 e. The molecule has 0 saturated heterocycles. The number of nitrogens with zero attached hydrogens (tertiary/aromatic N) is 1. The Labute approximate surface area is 211 Å². The van der Waals surface area contributed by atoms with E-state index in [2.05, 4.69) is 5.32 Å². The summed E-state index contributed by atoms with van der Waals surface area (Å²) in [6.45, 7) is -0.252. The first-order chi connectivity index (χ1) is 17.4. The Bertz CT molecular complexity index is 1300. The van der Waals surface area contributed by atoms with Gasteiger partial charge in [0.2, 0.25) is 15.9 Å². The number of rotatable bonds is 9. The van der Waals surface area contributed by atoms with E-state index in [-0.39, 0.29) is 24.5 Å². The van der Waals surface area contributed by atoms with Gasteiger partial charge >= 0.3 is 0 Å². The van der Waals surface area contributed by atoms with Crippen LogP contribution in [0.5, 0.6) is 11.5 Å². The maximum atomic E-state index is 13.8. The van der Waals surface area contributed by atoms with Crippen molar-refractivity contribution >= 4 is 15.9 Å². The third-order valence-corrected chi connectivity index (χ3v) is 8.23. The maximum Gasteiger partial charge on any atom is 0.244 e. The summed E-state index contributed by atoms with van der Waals surface area (Å²) < 4.78 is 39.6. The van der Waals surface area contributed by atoms with Crippen molar-refractivity contribution in [2.45, 2.75) is 36.4 Å². The molecule has 1 aliphatic rings.